The summed E-state index contributed by atoms with van der Waals surface area (Å²) in [6.07, 6.45) is 6.11. The van der Waals surface area contributed by atoms with Gasteiger partial charge in [0.05, 0.1) is 0 Å². The monoisotopic (exact) mass is 268 g/mol. The molecule has 1 saturated carbocycles. The molecule has 1 aliphatic heterocycles. The van der Waals surface area contributed by atoms with Crippen LogP contribution in [0.15, 0.2) is 0 Å². The molecule has 0 bridgehead atoms. The summed E-state index contributed by atoms with van der Waals surface area (Å²) in [5.41, 5.74) is -0.389. The summed E-state index contributed by atoms with van der Waals surface area (Å²) in [5.74, 6) is 0.722. The zero-order valence-electron chi connectivity index (χ0n) is 12.6. The highest BCUT2D eigenvalue weighted by Gasteiger charge is 2.27. The lowest BCUT2D eigenvalue weighted by atomic mass is 9.91. The van der Waals surface area contributed by atoms with Gasteiger partial charge in [0.15, 0.2) is 0 Å². The fourth-order valence-electron chi connectivity index (χ4n) is 2.59. The molecule has 2 aliphatic rings. The molecule has 4 nitrogen and oxygen atoms in total. The quantitative estimate of drug-likeness (QED) is 0.855. The first-order chi connectivity index (χ1) is 8.94. The first kappa shape index (κ1) is 14.6. The Bertz CT molecular complexity index is 300. The Morgan fingerprint density at radius 1 is 1.21 bits per heavy atom. The number of nitrogens with one attached hydrogen (secondary N) is 1. The van der Waals surface area contributed by atoms with Gasteiger partial charge in [-0.15, -0.1) is 0 Å². The van der Waals surface area contributed by atoms with E-state index in [0.717, 1.165) is 44.4 Å². The van der Waals surface area contributed by atoms with Crippen molar-refractivity contribution in [3.63, 3.8) is 0 Å². The van der Waals surface area contributed by atoms with Crippen molar-refractivity contribution >= 4 is 6.09 Å². The molecule has 1 amide bonds. The Hall–Kier alpha value is -0.770. The number of carbonyl (C=O) groups excluding carboxylic acids is 1. The summed E-state index contributed by atoms with van der Waals surface area (Å²) in [6.45, 7) is 8.55. The van der Waals surface area contributed by atoms with Crippen LogP contribution in [0.3, 0.4) is 0 Å². The predicted molar refractivity (Wildman–Crippen MR) is 76.2 cm³/mol. The third-order valence-electron chi connectivity index (χ3n) is 4.07. The highest BCUT2D eigenvalue weighted by molar-refractivity contribution is 5.68. The van der Waals surface area contributed by atoms with Gasteiger partial charge in [0, 0.05) is 19.1 Å². The zero-order chi connectivity index (χ0) is 13.9. The molecule has 1 heterocycles. The van der Waals surface area contributed by atoms with Gasteiger partial charge in [-0.1, -0.05) is 6.42 Å². The van der Waals surface area contributed by atoms with Gasteiger partial charge in [-0.25, -0.2) is 4.79 Å². The minimum atomic E-state index is -0.389. The van der Waals surface area contributed by atoms with E-state index in [4.69, 9.17) is 4.74 Å². The standard InChI is InChI=1S/C15H28N2O2/c1-15(2,3)19-14(18)17-9-7-12(8-10-17)11-16-13-5-4-6-13/h12-13,16H,4-11H2,1-3H3. The first-order valence-electron chi connectivity index (χ1n) is 7.65. The molecule has 0 radical (unpaired) electrons. The molecular weight excluding hydrogens is 240 g/mol. The van der Waals surface area contributed by atoms with Crippen LogP contribution in [0, 0.1) is 5.92 Å². The van der Waals surface area contributed by atoms with Crippen molar-refractivity contribution in [1.82, 2.24) is 10.2 Å². The molecule has 0 aromatic rings. The van der Waals surface area contributed by atoms with Crippen LogP contribution in [0.5, 0.6) is 0 Å². The summed E-state index contributed by atoms with van der Waals surface area (Å²) < 4.78 is 5.41. The lowest BCUT2D eigenvalue weighted by Crippen LogP contribution is -2.45. The second kappa shape index (κ2) is 6.12. The fourth-order valence-corrected chi connectivity index (χ4v) is 2.59. The lowest BCUT2D eigenvalue weighted by Gasteiger charge is -2.35. The van der Waals surface area contributed by atoms with Gasteiger partial charge in [0.25, 0.3) is 0 Å². The van der Waals surface area contributed by atoms with Crippen molar-refractivity contribution in [1.29, 1.82) is 0 Å². The second-order valence-electron chi connectivity index (χ2n) is 6.95. The summed E-state index contributed by atoms with van der Waals surface area (Å²) in [7, 11) is 0. The second-order valence-corrected chi connectivity index (χ2v) is 6.95. The molecule has 2 rings (SSSR count). The van der Waals surface area contributed by atoms with Crippen LogP contribution in [0.4, 0.5) is 4.79 Å². The molecule has 0 aromatic carbocycles. The number of carbonyl (C=O) groups is 1. The summed E-state index contributed by atoms with van der Waals surface area (Å²) in [6, 6.07) is 0.767. The van der Waals surface area contributed by atoms with Crippen molar-refractivity contribution < 1.29 is 9.53 Å². The predicted octanol–water partition coefficient (Wildman–Crippen LogP) is 2.78. The van der Waals surface area contributed by atoms with E-state index >= 15 is 0 Å². The van der Waals surface area contributed by atoms with Crippen LogP contribution in [0.2, 0.25) is 0 Å². The number of likely N-dealkylation sites (tertiary alicyclic amines) is 1. The van der Waals surface area contributed by atoms with Gasteiger partial charge in [-0.2, -0.15) is 0 Å². The Kier molecular flexibility index (Phi) is 4.71. The molecule has 19 heavy (non-hydrogen) atoms. The third-order valence-corrected chi connectivity index (χ3v) is 4.07. The maximum absolute atomic E-state index is 11.9. The third kappa shape index (κ3) is 4.68. The SMILES string of the molecule is CC(C)(C)OC(=O)N1CCC(CNC2CCC2)CC1. The molecule has 110 valence electrons. The van der Waals surface area contributed by atoms with Crippen molar-refractivity contribution in [2.24, 2.45) is 5.92 Å². The lowest BCUT2D eigenvalue weighted by molar-refractivity contribution is 0.0182. The van der Waals surface area contributed by atoms with E-state index < -0.39 is 0 Å². The Morgan fingerprint density at radius 3 is 2.32 bits per heavy atom. The largest absolute Gasteiger partial charge is 0.444 e. The normalized spacial score (nSPS) is 22.2. The number of hydrogen-bond acceptors (Lipinski definition) is 3. The molecule has 0 atom stereocenters. The highest BCUT2D eigenvalue weighted by atomic mass is 16.6. The molecule has 1 N–H and O–H groups in total. The molecule has 0 aromatic heterocycles. The van der Waals surface area contributed by atoms with Crippen LogP contribution < -0.4 is 5.32 Å². The summed E-state index contributed by atoms with van der Waals surface area (Å²) in [5, 5.41) is 3.64. The van der Waals surface area contributed by atoms with Crippen molar-refractivity contribution in [3.05, 3.63) is 0 Å². The maximum Gasteiger partial charge on any atom is 0.410 e. The van der Waals surface area contributed by atoms with Gasteiger partial charge in [-0.3, -0.25) is 0 Å². The molecule has 4 heteroatoms. The van der Waals surface area contributed by atoms with Crippen molar-refractivity contribution in [2.75, 3.05) is 19.6 Å². The minimum Gasteiger partial charge on any atom is -0.444 e. The van der Waals surface area contributed by atoms with Crippen LogP contribution in [-0.4, -0.2) is 42.3 Å². The molecule has 0 spiro atoms. The smallest absolute Gasteiger partial charge is 0.410 e. The molecular formula is C15H28N2O2. The van der Waals surface area contributed by atoms with Crippen LogP contribution in [-0.2, 0) is 4.74 Å². The summed E-state index contributed by atoms with van der Waals surface area (Å²) in [4.78, 5) is 13.8. The van der Waals surface area contributed by atoms with Gasteiger partial charge >= 0.3 is 6.09 Å². The molecule has 1 saturated heterocycles. The first-order valence-corrected chi connectivity index (χ1v) is 7.65. The van der Waals surface area contributed by atoms with Crippen LogP contribution in [0.25, 0.3) is 0 Å². The van der Waals surface area contributed by atoms with Gasteiger partial charge in [0.1, 0.15) is 5.60 Å². The Morgan fingerprint density at radius 2 is 1.84 bits per heavy atom. The zero-order valence-corrected chi connectivity index (χ0v) is 12.6. The van der Waals surface area contributed by atoms with E-state index in [1.807, 2.05) is 25.7 Å². The van der Waals surface area contributed by atoms with Crippen molar-refractivity contribution in [3.8, 4) is 0 Å². The topological polar surface area (TPSA) is 41.6 Å². The van der Waals surface area contributed by atoms with E-state index in [9.17, 15) is 4.79 Å². The number of piperidine rings is 1. The highest BCUT2D eigenvalue weighted by Crippen LogP contribution is 2.22. The van der Waals surface area contributed by atoms with Crippen molar-refractivity contribution in [2.45, 2.75) is 64.5 Å². The van der Waals surface area contributed by atoms with E-state index in [0.29, 0.717) is 0 Å². The number of nitrogens with zero attached hydrogens (tertiary/aromatic N) is 1. The average molecular weight is 268 g/mol. The van der Waals surface area contributed by atoms with E-state index in [-0.39, 0.29) is 11.7 Å². The Balaban J connectivity index is 1.65. The summed E-state index contributed by atoms with van der Waals surface area (Å²) >= 11 is 0. The molecule has 0 unspecified atom stereocenters. The van der Waals surface area contributed by atoms with Crippen LogP contribution in [0.1, 0.15) is 52.9 Å². The van der Waals surface area contributed by atoms with E-state index in [1.165, 1.54) is 19.3 Å². The number of rotatable bonds is 3. The van der Waals surface area contributed by atoms with Gasteiger partial charge < -0.3 is 15.0 Å². The minimum absolute atomic E-state index is 0.155. The van der Waals surface area contributed by atoms with E-state index in [1.54, 1.807) is 0 Å². The average Bonchev–Trinajstić information content (AvgIpc) is 2.25. The molecule has 1 aliphatic carbocycles. The van der Waals surface area contributed by atoms with E-state index in [2.05, 4.69) is 5.32 Å². The van der Waals surface area contributed by atoms with Gasteiger partial charge in [0.2, 0.25) is 0 Å². The number of ether oxygens (including phenoxy) is 1. The molecule has 2 fully saturated rings. The fraction of sp³-hybridized carbons (Fsp3) is 0.933. The van der Waals surface area contributed by atoms with Crippen LogP contribution >= 0.6 is 0 Å². The maximum atomic E-state index is 11.9. The number of amides is 1. The Labute approximate surface area is 116 Å². The number of hydrogen-bond donors (Lipinski definition) is 1. The van der Waals surface area contributed by atoms with Gasteiger partial charge in [-0.05, 0) is 58.9 Å².